The summed E-state index contributed by atoms with van der Waals surface area (Å²) in [5, 5.41) is 9.56. The summed E-state index contributed by atoms with van der Waals surface area (Å²) in [5.41, 5.74) is 1.12. The van der Waals surface area contributed by atoms with Crippen LogP contribution in [0.2, 0.25) is 0 Å². The Bertz CT molecular complexity index is 478. The van der Waals surface area contributed by atoms with Gasteiger partial charge in [-0.2, -0.15) is 0 Å². The number of nitrogens with zero attached hydrogens (tertiary/aromatic N) is 2. The molecule has 0 aromatic carbocycles. The van der Waals surface area contributed by atoms with Gasteiger partial charge in [-0.15, -0.1) is 0 Å². The highest BCUT2D eigenvalue weighted by Gasteiger charge is 2.16. The van der Waals surface area contributed by atoms with E-state index in [0.29, 0.717) is 18.2 Å². The molecule has 1 aromatic heterocycles. The summed E-state index contributed by atoms with van der Waals surface area (Å²) in [6, 6.07) is 3.93. The summed E-state index contributed by atoms with van der Waals surface area (Å²) in [6.45, 7) is 6.15. The van der Waals surface area contributed by atoms with Crippen LogP contribution in [0.1, 0.15) is 19.3 Å². The number of carbonyl (C=O) groups is 1. The van der Waals surface area contributed by atoms with Gasteiger partial charge in [-0.3, -0.25) is 4.79 Å². The highest BCUT2D eigenvalue weighted by molar-refractivity contribution is 5.89. The Hall–Kier alpha value is -1.66. The number of hydrogen-bond donors (Lipinski definition) is 3. The molecular weight excluding hydrogens is 278 g/mol. The molecule has 2 fully saturated rings. The van der Waals surface area contributed by atoms with E-state index in [4.69, 9.17) is 0 Å². The van der Waals surface area contributed by atoms with Crippen LogP contribution in [0.4, 0.5) is 11.5 Å². The SMILES string of the molecule is O=C(CCC1CCNC1)Nc1ccc(N2CCNCC2)cn1. The Morgan fingerprint density at radius 3 is 2.82 bits per heavy atom. The molecule has 3 heterocycles. The monoisotopic (exact) mass is 303 g/mol. The molecule has 6 heteroatoms. The van der Waals surface area contributed by atoms with E-state index in [1.807, 2.05) is 18.3 Å². The number of rotatable bonds is 5. The molecule has 2 aliphatic heterocycles. The maximum absolute atomic E-state index is 12.0. The van der Waals surface area contributed by atoms with Gasteiger partial charge in [-0.1, -0.05) is 0 Å². The van der Waals surface area contributed by atoms with Crippen LogP contribution in [0.25, 0.3) is 0 Å². The van der Waals surface area contributed by atoms with Gasteiger partial charge in [-0.05, 0) is 44.0 Å². The van der Waals surface area contributed by atoms with Crippen molar-refractivity contribution in [3.05, 3.63) is 18.3 Å². The third-order valence-electron chi connectivity index (χ3n) is 4.44. The fourth-order valence-corrected chi connectivity index (χ4v) is 3.07. The molecule has 3 N–H and O–H groups in total. The van der Waals surface area contributed by atoms with Gasteiger partial charge in [0.2, 0.25) is 5.91 Å². The zero-order chi connectivity index (χ0) is 15.2. The molecule has 1 amide bonds. The van der Waals surface area contributed by atoms with Crippen LogP contribution in [0.5, 0.6) is 0 Å². The first-order valence-corrected chi connectivity index (χ1v) is 8.23. The highest BCUT2D eigenvalue weighted by atomic mass is 16.1. The van der Waals surface area contributed by atoms with E-state index in [0.717, 1.165) is 51.4 Å². The van der Waals surface area contributed by atoms with E-state index >= 15 is 0 Å². The molecule has 22 heavy (non-hydrogen) atoms. The first-order chi connectivity index (χ1) is 10.8. The third kappa shape index (κ3) is 4.18. The first kappa shape index (κ1) is 15.2. The summed E-state index contributed by atoms with van der Waals surface area (Å²) in [6.07, 6.45) is 4.57. The normalized spacial score (nSPS) is 21.8. The van der Waals surface area contributed by atoms with Crippen molar-refractivity contribution in [2.75, 3.05) is 49.5 Å². The fraction of sp³-hybridized carbons (Fsp3) is 0.625. The Morgan fingerprint density at radius 1 is 1.27 bits per heavy atom. The number of anilines is 2. The van der Waals surface area contributed by atoms with Crippen molar-refractivity contribution in [2.45, 2.75) is 19.3 Å². The number of aromatic nitrogens is 1. The van der Waals surface area contributed by atoms with Crippen molar-refractivity contribution in [1.82, 2.24) is 15.6 Å². The summed E-state index contributed by atoms with van der Waals surface area (Å²) >= 11 is 0. The summed E-state index contributed by atoms with van der Waals surface area (Å²) in [4.78, 5) is 18.6. The molecule has 1 atom stereocenters. The zero-order valence-corrected chi connectivity index (χ0v) is 13.0. The van der Waals surface area contributed by atoms with Gasteiger partial charge in [0.05, 0.1) is 11.9 Å². The molecular formula is C16H25N5O. The van der Waals surface area contributed by atoms with Crippen molar-refractivity contribution in [3.63, 3.8) is 0 Å². The van der Waals surface area contributed by atoms with Crippen LogP contribution >= 0.6 is 0 Å². The van der Waals surface area contributed by atoms with Crippen molar-refractivity contribution < 1.29 is 4.79 Å². The number of nitrogens with one attached hydrogen (secondary N) is 3. The minimum atomic E-state index is 0.0642. The van der Waals surface area contributed by atoms with Crippen LogP contribution in [0, 0.1) is 5.92 Å². The lowest BCUT2D eigenvalue weighted by molar-refractivity contribution is -0.116. The Balaban J connectivity index is 1.46. The van der Waals surface area contributed by atoms with Gasteiger partial charge in [0, 0.05) is 32.6 Å². The molecule has 1 unspecified atom stereocenters. The van der Waals surface area contributed by atoms with Crippen LogP contribution in [-0.2, 0) is 4.79 Å². The second-order valence-corrected chi connectivity index (χ2v) is 6.08. The van der Waals surface area contributed by atoms with Crippen molar-refractivity contribution >= 4 is 17.4 Å². The summed E-state index contributed by atoms with van der Waals surface area (Å²) in [5.74, 6) is 1.36. The minimum absolute atomic E-state index is 0.0642. The molecule has 0 bridgehead atoms. The Labute approximate surface area is 131 Å². The summed E-state index contributed by atoms with van der Waals surface area (Å²) < 4.78 is 0. The second-order valence-electron chi connectivity index (χ2n) is 6.08. The molecule has 2 saturated heterocycles. The Kier molecular flexibility index (Phi) is 5.24. The lowest BCUT2D eigenvalue weighted by Crippen LogP contribution is -2.43. The number of piperazine rings is 1. The van der Waals surface area contributed by atoms with E-state index < -0.39 is 0 Å². The molecule has 1 aromatic rings. The average molecular weight is 303 g/mol. The van der Waals surface area contributed by atoms with Crippen LogP contribution < -0.4 is 20.9 Å². The molecule has 120 valence electrons. The quantitative estimate of drug-likeness (QED) is 0.751. The van der Waals surface area contributed by atoms with Crippen LogP contribution in [0.15, 0.2) is 18.3 Å². The molecule has 3 rings (SSSR count). The van der Waals surface area contributed by atoms with Gasteiger partial charge >= 0.3 is 0 Å². The van der Waals surface area contributed by atoms with Crippen molar-refractivity contribution in [2.24, 2.45) is 5.92 Å². The fourth-order valence-electron chi connectivity index (χ4n) is 3.07. The lowest BCUT2D eigenvalue weighted by Gasteiger charge is -2.29. The Morgan fingerprint density at radius 2 is 2.14 bits per heavy atom. The number of carbonyl (C=O) groups excluding carboxylic acids is 1. The average Bonchev–Trinajstić information content (AvgIpc) is 3.08. The number of hydrogen-bond acceptors (Lipinski definition) is 5. The largest absolute Gasteiger partial charge is 0.368 e. The van der Waals surface area contributed by atoms with Gasteiger partial charge in [0.1, 0.15) is 5.82 Å². The standard InChI is InChI=1S/C16H25N5O/c22-16(4-1-13-5-6-18-11-13)20-15-3-2-14(12-19-15)21-9-7-17-8-10-21/h2-3,12-13,17-18H,1,4-11H2,(H,19,20,22). The topological polar surface area (TPSA) is 69.3 Å². The maximum atomic E-state index is 12.0. The van der Waals surface area contributed by atoms with Gasteiger partial charge in [0.15, 0.2) is 0 Å². The van der Waals surface area contributed by atoms with E-state index in [9.17, 15) is 4.79 Å². The second kappa shape index (κ2) is 7.56. The van der Waals surface area contributed by atoms with Gasteiger partial charge in [0.25, 0.3) is 0 Å². The highest BCUT2D eigenvalue weighted by Crippen LogP contribution is 2.17. The van der Waals surface area contributed by atoms with E-state index in [1.54, 1.807) is 0 Å². The number of amides is 1. The molecule has 0 radical (unpaired) electrons. The molecule has 2 aliphatic rings. The molecule has 6 nitrogen and oxygen atoms in total. The predicted molar refractivity (Wildman–Crippen MR) is 88.2 cm³/mol. The zero-order valence-electron chi connectivity index (χ0n) is 13.0. The van der Waals surface area contributed by atoms with E-state index in [1.165, 1.54) is 6.42 Å². The number of pyridine rings is 1. The van der Waals surface area contributed by atoms with Gasteiger partial charge < -0.3 is 20.9 Å². The third-order valence-corrected chi connectivity index (χ3v) is 4.44. The van der Waals surface area contributed by atoms with Crippen molar-refractivity contribution in [3.8, 4) is 0 Å². The summed E-state index contributed by atoms with van der Waals surface area (Å²) in [7, 11) is 0. The minimum Gasteiger partial charge on any atom is -0.368 e. The van der Waals surface area contributed by atoms with Gasteiger partial charge in [-0.25, -0.2) is 4.98 Å². The maximum Gasteiger partial charge on any atom is 0.225 e. The first-order valence-electron chi connectivity index (χ1n) is 8.23. The lowest BCUT2D eigenvalue weighted by atomic mass is 10.0. The van der Waals surface area contributed by atoms with E-state index in [2.05, 4.69) is 25.8 Å². The van der Waals surface area contributed by atoms with Crippen LogP contribution in [-0.4, -0.2) is 50.2 Å². The molecule has 0 spiro atoms. The van der Waals surface area contributed by atoms with E-state index in [-0.39, 0.29) is 5.91 Å². The van der Waals surface area contributed by atoms with Crippen molar-refractivity contribution in [1.29, 1.82) is 0 Å². The predicted octanol–water partition coefficient (Wildman–Crippen LogP) is 0.819. The molecule has 0 saturated carbocycles. The smallest absolute Gasteiger partial charge is 0.225 e. The molecule has 0 aliphatic carbocycles. The van der Waals surface area contributed by atoms with Crippen LogP contribution in [0.3, 0.4) is 0 Å².